The fourth-order valence-corrected chi connectivity index (χ4v) is 1.56. The molecule has 0 unspecified atom stereocenters. The highest BCUT2D eigenvalue weighted by Crippen LogP contribution is 2.47. The number of hydrogen-bond donors (Lipinski definition) is 0. The summed E-state index contributed by atoms with van der Waals surface area (Å²) in [6.45, 7) is 1.25. The van der Waals surface area contributed by atoms with Crippen molar-refractivity contribution in [1.82, 2.24) is 4.90 Å². The Morgan fingerprint density at radius 1 is 1.46 bits per heavy atom. The lowest BCUT2D eigenvalue weighted by Gasteiger charge is -2.48. The van der Waals surface area contributed by atoms with Gasteiger partial charge in [0.25, 0.3) is 5.92 Å². The van der Waals surface area contributed by atoms with Gasteiger partial charge >= 0.3 is 0 Å². The third kappa shape index (κ3) is 1.55. The van der Waals surface area contributed by atoms with Gasteiger partial charge in [0.2, 0.25) is 5.91 Å². The topological polar surface area (TPSA) is 37.4 Å². The van der Waals surface area contributed by atoms with Gasteiger partial charge in [0.15, 0.2) is 0 Å². The average Bonchev–Trinajstić information content (AvgIpc) is 1.97. The molecule has 0 bridgehead atoms. The van der Waals surface area contributed by atoms with Crippen LogP contribution in [0.4, 0.5) is 8.78 Å². The highest BCUT2D eigenvalue weighted by Gasteiger charge is 2.59. The Morgan fingerprint density at radius 3 is 2.15 bits per heavy atom. The molecule has 0 N–H and O–H groups in total. The number of aldehydes is 1. The predicted molar refractivity (Wildman–Crippen MR) is 41.4 cm³/mol. The van der Waals surface area contributed by atoms with Gasteiger partial charge < -0.3 is 9.69 Å². The summed E-state index contributed by atoms with van der Waals surface area (Å²) in [6.07, 6.45) is -0.676. The minimum Gasteiger partial charge on any atom is -0.333 e. The SMILES string of the molecule is CC(=O)N(C)C1(C=O)CC(F)(F)C1. The maximum atomic E-state index is 12.5. The molecule has 0 aliphatic heterocycles. The van der Waals surface area contributed by atoms with Crippen molar-refractivity contribution in [3.8, 4) is 0 Å². The second-order valence-corrected chi connectivity index (χ2v) is 3.51. The second-order valence-electron chi connectivity index (χ2n) is 3.51. The van der Waals surface area contributed by atoms with Crippen LogP contribution in [0.5, 0.6) is 0 Å². The van der Waals surface area contributed by atoms with Crippen LogP contribution in [-0.4, -0.2) is 35.6 Å². The quantitative estimate of drug-likeness (QED) is 0.606. The van der Waals surface area contributed by atoms with E-state index in [-0.39, 0.29) is 5.91 Å². The third-order valence-electron chi connectivity index (χ3n) is 2.49. The van der Waals surface area contributed by atoms with E-state index < -0.39 is 24.3 Å². The number of rotatable bonds is 2. The van der Waals surface area contributed by atoms with E-state index in [1.165, 1.54) is 14.0 Å². The highest BCUT2D eigenvalue weighted by molar-refractivity contribution is 5.80. The van der Waals surface area contributed by atoms with Crippen LogP contribution in [0.1, 0.15) is 19.8 Å². The van der Waals surface area contributed by atoms with E-state index in [2.05, 4.69) is 0 Å². The van der Waals surface area contributed by atoms with Crippen LogP contribution in [0.15, 0.2) is 0 Å². The summed E-state index contributed by atoms with van der Waals surface area (Å²) >= 11 is 0. The first-order valence-corrected chi connectivity index (χ1v) is 3.92. The summed E-state index contributed by atoms with van der Waals surface area (Å²) in [5.74, 6) is -3.17. The molecule has 1 fully saturated rings. The van der Waals surface area contributed by atoms with Gasteiger partial charge in [-0.1, -0.05) is 0 Å². The molecule has 0 aromatic heterocycles. The zero-order chi connectivity index (χ0) is 10.3. The first kappa shape index (κ1) is 10.1. The van der Waals surface area contributed by atoms with Crippen molar-refractivity contribution in [3.05, 3.63) is 0 Å². The van der Waals surface area contributed by atoms with Gasteiger partial charge in [0.1, 0.15) is 11.8 Å². The molecule has 0 heterocycles. The Balaban J connectivity index is 2.76. The van der Waals surface area contributed by atoms with Crippen molar-refractivity contribution in [2.45, 2.75) is 31.2 Å². The molecule has 1 rings (SSSR count). The summed E-state index contributed by atoms with van der Waals surface area (Å²) < 4.78 is 25.1. The number of halogens is 2. The van der Waals surface area contributed by atoms with Crippen LogP contribution in [0.25, 0.3) is 0 Å². The molecule has 0 radical (unpaired) electrons. The van der Waals surface area contributed by atoms with E-state index in [1.807, 2.05) is 0 Å². The molecule has 74 valence electrons. The molecule has 0 aromatic rings. The molecule has 13 heavy (non-hydrogen) atoms. The van der Waals surface area contributed by atoms with Crippen LogP contribution in [0.3, 0.4) is 0 Å². The minimum atomic E-state index is -2.80. The van der Waals surface area contributed by atoms with Crippen molar-refractivity contribution >= 4 is 12.2 Å². The Hall–Kier alpha value is -1.00. The standard InChI is InChI=1S/C8H11F2NO2/c1-6(13)11(2)7(5-12)3-8(9,10)4-7/h5H,3-4H2,1-2H3. The summed E-state index contributed by atoms with van der Waals surface area (Å²) in [6, 6.07) is 0. The molecule has 3 nitrogen and oxygen atoms in total. The molecule has 0 saturated heterocycles. The van der Waals surface area contributed by atoms with Gasteiger partial charge in [0.05, 0.1) is 0 Å². The largest absolute Gasteiger partial charge is 0.333 e. The van der Waals surface area contributed by atoms with Crippen molar-refractivity contribution in [2.24, 2.45) is 0 Å². The van der Waals surface area contributed by atoms with Crippen molar-refractivity contribution in [2.75, 3.05) is 7.05 Å². The van der Waals surface area contributed by atoms with Crippen LogP contribution in [0.2, 0.25) is 0 Å². The molecule has 0 spiro atoms. The predicted octanol–water partition coefficient (Wildman–Crippen LogP) is 0.832. The number of hydrogen-bond acceptors (Lipinski definition) is 2. The number of carbonyl (C=O) groups is 2. The van der Waals surface area contributed by atoms with Gasteiger partial charge in [-0.3, -0.25) is 4.79 Å². The van der Waals surface area contributed by atoms with E-state index in [0.29, 0.717) is 6.29 Å². The Kier molecular flexibility index (Phi) is 2.13. The summed E-state index contributed by atoms with van der Waals surface area (Å²) in [7, 11) is 1.37. The Bertz CT molecular complexity index is 245. The van der Waals surface area contributed by atoms with E-state index in [0.717, 1.165) is 4.90 Å². The van der Waals surface area contributed by atoms with E-state index in [9.17, 15) is 18.4 Å². The summed E-state index contributed by atoms with van der Waals surface area (Å²) in [5, 5.41) is 0. The van der Waals surface area contributed by atoms with Gasteiger partial charge in [-0.15, -0.1) is 0 Å². The number of carbonyl (C=O) groups excluding carboxylic acids is 2. The molecule has 5 heteroatoms. The first-order chi connectivity index (χ1) is 5.83. The molecule has 0 atom stereocenters. The van der Waals surface area contributed by atoms with Gasteiger partial charge in [-0.05, 0) is 0 Å². The van der Waals surface area contributed by atoms with Crippen LogP contribution in [-0.2, 0) is 9.59 Å². The van der Waals surface area contributed by atoms with Crippen molar-refractivity contribution in [3.63, 3.8) is 0 Å². The molecular formula is C8H11F2NO2. The third-order valence-corrected chi connectivity index (χ3v) is 2.49. The first-order valence-electron chi connectivity index (χ1n) is 3.92. The lowest BCUT2D eigenvalue weighted by molar-refractivity contribution is -0.179. The van der Waals surface area contributed by atoms with Crippen molar-refractivity contribution < 1.29 is 18.4 Å². The lowest BCUT2D eigenvalue weighted by atomic mass is 9.73. The molecule has 1 aliphatic carbocycles. The fourth-order valence-electron chi connectivity index (χ4n) is 1.56. The lowest BCUT2D eigenvalue weighted by Crippen LogP contribution is -2.63. The van der Waals surface area contributed by atoms with E-state index in [4.69, 9.17) is 0 Å². The normalized spacial score (nSPS) is 23.1. The van der Waals surface area contributed by atoms with Crippen molar-refractivity contribution in [1.29, 1.82) is 0 Å². The van der Waals surface area contributed by atoms with Crippen LogP contribution in [0, 0.1) is 0 Å². The molecule has 1 aliphatic rings. The van der Waals surface area contributed by atoms with Crippen LogP contribution >= 0.6 is 0 Å². The number of amides is 1. The Morgan fingerprint density at radius 2 is 1.92 bits per heavy atom. The molecule has 1 amide bonds. The zero-order valence-electron chi connectivity index (χ0n) is 7.51. The average molecular weight is 191 g/mol. The van der Waals surface area contributed by atoms with E-state index in [1.54, 1.807) is 0 Å². The van der Waals surface area contributed by atoms with Gasteiger partial charge in [-0.2, -0.15) is 0 Å². The summed E-state index contributed by atoms with van der Waals surface area (Å²) in [4.78, 5) is 22.6. The highest BCUT2D eigenvalue weighted by atomic mass is 19.3. The van der Waals surface area contributed by atoms with E-state index >= 15 is 0 Å². The molecular weight excluding hydrogens is 180 g/mol. The maximum absolute atomic E-state index is 12.5. The van der Waals surface area contributed by atoms with Crippen LogP contribution < -0.4 is 0 Å². The van der Waals surface area contributed by atoms with Gasteiger partial charge in [0, 0.05) is 26.8 Å². The smallest absolute Gasteiger partial charge is 0.253 e. The number of nitrogens with zero attached hydrogens (tertiary/aromatic N) is 1. The zero-order valence-corrected chi connectivity index (χ0v) is 7.51. The van der Waals surface area contributed by atoms with Gasteiger partial charge in [-0.25, -0.2) is 8.78 Å². The second kappa shape index (κ2) is 2.75. The number of alkyl halides is 2. The summed E-state index contributed by atoms with van der Waals surface area (Å²) in [5.41, 5.74) is -1.27. The Labute approximate surface area is 74.7 Å². The monoisotopic (exact) mass is 191 g/mol. The maximum Gasteiger partial charge on any atom is 0.253 e. The minimum absolute atomic E-state index is 0.373. The fraction of sp³-hybridized carbons (Fsp3) is 0.750. The molecule has 1 saturated carbocycles. The molecule has 0 aromatic carbocycles. The number of likely N-dealkylation sites (N-methyl/N-ethyl adjacent to an activating group) is 1.